The number of hydrogen-bond donors (Lipinski definition) is 1. The van der Waals surface area contributed by atoms with Crippen LogP contribution >= 0.6 is 0 Å². The van der Waals surface area contributed by atoms with Crippen LogP contribution in [0, 0.1) is 13.8 Å². The highest BCUT2D eigenvalue weighted by molar-refractivity contribution is 5.82. The minimum Gasteiger partial charge on any atom is -0.459 e. The van der Waals surface area contributed by atoms with Crippen LogP contribution < -0.4 is 0 Å². The zero-order valence-electron chi connectivity index (χ0n) is 11.2. The van der Waals surface area contributed by atoms with E-state index in [1.165, 1.54) is 5.56 Å². The summed E-state index contributed by atoms with van der Waals surface area (Å²) in [4.78, 5) is 1.90. The SMILES string of the molecule is Cc1ccc2oc(CN3C[C@@H](O)[C@H](F)C3)c(C)c2c1. The summed E-state index contributed by atoms with van der Waals surface area (Å²) < 4.78 is 19.1. The third kappa shape index (κ3) is 2.26. The summed E-state index contributed by atoms with van der Waals surface area (Å²) in [6.07, 6.45) is -2.01. The molecule has 0 amide bonds. The number of halogens is 1. The van der Waals surface area contributed by atoms with E-state index in [0.717, 1.165) is 22.3 Å². The van der Waals surface area contributed by atoms with Gasteiger partial charge in [-0.15, -0.1) is 0 Å². The molecule has 0 saturated carbocycles. The summed E-state index contributed by atoms with van der Waals surface area (Å²) in [7, 11) is 0. The predicted octanol–water partition coefficient (Wildman–Crippen LogP) is 2.56. The quantitative estimate of drug-likeness (QED) is 0.904. The fraction of sp³-hybridized carbons (Fsp3) is 0.467. The molecule has 102 valence electrons. The number of nitrogens with zero attached hydrogens (tertiary/aromatic N) is 1. The second-order valence-electron chi connectivity index (χ2n) is 5.43. The molecule has 0 unspecified atom stereocenters. The van der Waals surface area contributed by atoms with Gasteiger partial charge in [-0.05, 0) is 31.5 Å². The summed E-state index contributed by atoms with van der Waals surface area (Å²) in [5, 5.41) is 10.6. The number of alkyl halides is 1. The highest BCUT2D eigenvalue weighted by atomic mass is 19.1. The molecule has 0 aliphatic carbocycles. The molecular formula is C15H18FNO2. The van der Waals surface area contributed by atoms with Gasteiger partial charge in [0.2, 0.25) is 0 Å². The number of fused-ring (bicyclic) bond motifs is 1. The van der Waals surface area contributed by atoms with Crippen LogP contribution in [0.3, 0.4) is 0 Å². The molecule has 3 nitrogen and oxygen atoms in total. The number of likely N-dealkylation sites (tertiary alicyclic amines) is 1. The van der Waals surface area contributed by atoms with Crippen LogP contribution in [0.25, 0.3) is 11.0 Å². The maximum atomic E-state index is 13.3. The van der Waals surface area contributed by atoms with E-state index in [9.17, 15) is 9.50 Å². The van der Waals surface area contributed by atoms with Crippen molar-refractivity contribution in [1.82, 2.24) is 4.90 Å². The van der Waals surface area contributed by atoms with Crippen molar-refractivity contribution in [3.05, 3.63) is 35.1 Å². The number of aliphatic hydroxyl groups excluding tert-OH is 1. The Labute approximate surface area is 111 Å². The lowest BCUT2D eigenvalue weighted by Gasteiger charge is -2.12. The summed E-state index contributed by atoms with van der Waals surface area (Å²) in [6, 6.07) is 6.10. The highest BCUT2D eigenvalue weighted by Crippen LogP contribution is 2.28. The van der Waals surface area contributed by atoms with Gasteiger partial charge in [-0.3, -0.25) is 4.90 Å². The fourth-order valence-corrected chi connectivity index (χ4v) is 2.69. The molecular weight excluding hydrogens is 245 g/mol. The Bertz CT molecular complexity index is 597. The Morgan fingerprint density at radius 1 is 1.37 bits per heavy atom. The van der Waals surface area contributed by atoms with Crippen LogP contribution in [0.1, 0.15) is 16.9 Å². The largest absolute Gasteiger partial charge is 0.459 e. The average molecular weight is 263 g/mol. The van der Waals surface area contributed by atoms with Gasteiger partial charge >= 0.3 is 0 Å². The molecule has 1 aliphatic rings. The summed E-state index contributed by atoms with van der Waals surface area (Å²) in [5.41, 5.74) is 3.17. The smallest absolute Gasteiger partial charge is 0.140 e. The monoisotopic (exact) mass is 263 g/mol. The number of rotatable bonds is 2. The first-order valence-electron chi connectivity index (χ1n) is 6.57. The number of β-amino-alcohol motifs (C(OH)–C–C–N with tert-alkyl or cyclic N) is 1. The lowest BCUT2D eigenvalue weighted by atomic mass is 10.1. The van der Waals surface area contributed by atoms with E-state index < -0.39 is 12.3 Å². The maximum absolute atomic E-state index is 13.3. The van der Waals surface area contributed by atoms with Crippen LogP contribution in [0.15, 0.2) is 22.6 Å². The molecule has 1 N–H and O–H groups in total. The summed E-state index contributed by atoms with van der Waals surface area (Å²) >= 11 is 0. The maximum Gasteiger partial charge on any atom is 0.140 e. The van der Waals surface area contributed by atoms with E-state index >= 15 is 0 Å². The van der Waals surface area contributed by atoms with E-state index in [1.807, 2.05) is 24.0 Å². The van der Waals surface area contributed by atoms with Gasteiger partial charge in [0, 0.05) is 18.5 Å². The minimum absolute atomic E-state index is 0.274. The van der Waals surface area contributed by atoms with Crippen molar-refractivity contribution < 1.29 is 13.9 Å². The zero-order chi connectivity index (χ0) is 13.6. The Balaban J connectivity index is 1.87. The van der Waals surface area contributed by atoms with Gasteiger partial charge in [0.1, 0.15) is 17.5 Å². The number of benzene rings is 1. The van der Waals surface area contributed by atoms with Gasteiger partial charge in [0.25, 0.3) is 0 Å². The van der Waals surface area contributed by atoms with E-state index in [0.29, 0.717) is 13.1 Å². The second kappa shape index (κ2) is 4.62. The third-order valence-electron chi connectivity index (χ3n) is 3.85. The first kappa shape index (κ1) is 12.6. The van der Waals surface area contributed by atoms with Crippen molar-refractivity contribution >= 4 is 11.0 Å². The number of aryl methyl sites for hydroxylation is 2. The Morgan fingerprint density at radius 3 is 2.84 bits per heavy atom. The number of aliphatic hydroxyl groups is 1. The third-order valence-corrected chi connectivity index (χ3v) is 3.85. The van der Waals surface area contributed by atoms with Crippen LogP contribution in [-0.2, 0) is 6.54 Å². The van der Waals surface area contributed by atoms with E-state index in [4.69, 9.17) is 4.42 Å². The lowest BCUT2D eigenvalue weighted by molar-refractivity contribution is 0.115. The van der Waals surface area contributed by atoms with Crippen molar-refractivity contribution in [2.24, 2.45) is 0 Å². The van der Waals surface area contributed by atoms with Crippen molar-refractivity contribution in [1.29, 1.82) is 0 Å². The van der Waals surface area contributed by atoms with Gasteiger partial charge in [-0.2, -0.15) is 0 Å². The molecule has 1 saturated heterocycles. The molecule has 2 heterocycles. The topological polar surface area (TPSA) is 36.6 Å². The molecule has 4 heteroatoms. The van der Waals surface area contributed by atoms with Gasteiger partial charge in [0.05, 0.1) is 12.6 Å². The first-order valence-corrected chi connectivity index (χ1v) is 6.57. The Morgan fingerprint density at radius 2 is 2.16 bits per heavy atom. The van der Waals surface area contributed by atoms with Gasteiger partial charge < -0.3 is 9.52 Å². The van der Waals surface area contributed by atoms with Crippen molar-refractivity contribution in [2.45, 2.75) is 32.7 Å². The Hall–Kier alpha value is -1.39. The average Bonchev–Trinajstić information content (AvgIpc) is 2.83. The molecule has 0 spiro atoms. The fourth-order valence-electron chi connectivity index (χ4n) is 2.69. The van der Waals surface area contributed by atoms with Crippen molar-refractivity contribution in [3.63, 3.8) is 0 Å². The Kier molecular flexibility index (Phi) is 3.07. The first-order chi connectivity index (χ1) is 9.04. The molecule has 19 heavy (non-hydrogen) atoms. The van der Waals surface area contributed by atoms with E-state index in [-0.39, 0.29) is 6.54 Å². The molecule has 2 aromatic rings. The van der Waals surface area contributed by atoms with Crippen molar-refractivity contribution in [3.8, 4) is 0 Å². The molecule has 1 aromatic carbocycles. The minimum atomic E-state index is -1.15. The molecule has 1 fully saturated rings. The molecule has 1 aromatic heterocycles. The van der Waals surface area contributed by atoms with Crippen LogP contribution in [-0.4, -0.2) is 35.4 Å². The number of furan rings is 1. The second-order valence-corrected chi connectivity index (χ2v) is 5.43. The molecule has 2 atom stereocenters. The van der Waals surface area contributed by atoms with E-state index in [2.05, 4.69) is 13.0 Å². The van der Waals surface area contributed by atoms with Crippen LogP contribution in [0.2, 0.25) is 0 Å². The summed E-state index contributed by atoms with van der Waals surface area (Å²) in [5.74, 6) is 0.863. The van der Waals surface area contributed by atoms with Gasteiger partial charge in [0.15, 0.2) is 0 Å². The molecule has 0 radical (unpaired) electrons. The van der Waals surface area contributed by atoms with Crippen molar-refractivity contribution in [2.75, 3.05) is 13.1 Å². The van der Waals surface area contributed by atoms with Crippen LogP contribution in [0.4, 0.5) is 4.39 Å². The summed E-state index contributed by atoms with van der Waals surface area (Å²) in [6.45, 7) is 5.28. The standard InChI is InChI=1S/C15H18FNO2/c1-9-3-4-14-11(5-9)10(2)15(19-14)8-17-6-12(16)13(18)7-17/h3-5,12-13,18H,6-8H2,1-2H3/t12-,13-/m1/s1. The predicted molar refractivity (Wildman–Crippen MR) is 71.9 cm³/mol. The van der Waals surface area contributed by atoms with Gasteiger partial charge in [-0.1, -0.05) is 11.6 Å². The van der Waals surface area contributed by atoms with Crippen LogP contribution in [0.5, 0.6) is 0 Å². The molecule has 0 bridgehead atoms. The molecule has 3 rings (SSSR count). The highest BCUT2D eigenvalue weighted by Gasteiger charge is 2.31. The van der Waals surface area contributed by atoms with Gasteiger partial charge in [-0.25, -0.2) is 4.39 Å². The van der Waals surface area contributed by atoms with E-state index in [1.54, 1.807) is 0 Å². The normalized spacial score (nSPS) is 24.4. The molecule has 1 aliphatic heterocycles. The zero-order valence-corrected chi connectivity index (χ0v) is 11.2. The number of hydrogen-bond acceptors (Lipinski definition) is 3. The lowest BCUT2D eigenvalue weighted by Crippen LogP contribution is -2.21.